The molecule has 4 aliphatic heterocycles. The second-order valence-electron chi connectivity index (χ2n) is 22.4. The highest BCUT2D eigenvalue weighted by molar-refractivity contribution is 6.15. The third-order valence-electron chi connectivity index (χ3n) is 15.6. The molecule has 0 aromatic heterocycles. The van der Waals surface area contributed by atoms with Crippen molar-refractivity contribution in [3.8, 4) is 11.5 Å². The summed E-state index contributed by atoms with van der Waals surface area (Å²) in [6, 6.07) is 8.79. The Morgan fingerprint density at radius 2 is 0.725 bits per heavy atom. The number of allylic oxidation sites excluding steroid dienone is 10. The second-order valence-corrected chi connectivity index (χ2v) is 22.4. The summed E-state index contributed by atoms with van der Waals surface area (Å²) in [6.45, 7) is 15.9. The molecule has 4 aliphatic rings. The lowest BCUT2D eigenvalue weighted by Crippen LogP contribution is -2.40. The molecule has 4 heterocycles. The van der Waals surface area contributed by atoms with E-state index in [0.29, 0.717) is 61.7 Å². The number of imide groups is 2. The Bertz CT molecular complexity index is 2500. The summed E-state index contributed by atoms with van der Waals surface area (Å²) in [5.74, 6) is 0.835. The molecule has 6 rings (SSSR count). The molecule has 0 fully saturated rings. The van der Waals surface area contributed by atoms with E-state index in [4.69, 9.17) is 9.47 Å². The third-order valence-corrected chi connectivity index (χ3v) is 15.6. The Hall–Kier alpha value is -6.42. The van der Waals surface area contributed by atoms with Crippen molar-refractivity contribution in [2.75, 3.05) is 26.3 Å². The smallest absolute Gasteiger partial charge is 0.260 e. The highest BCUT2D eigenvalue weighted by atomic mass is 16.5. The molecule has 2 aromatic rings. The normalized spacial score (nSPS) is 16.6. The predicted molar refractivity (Wildman–Crippen MR) is 329 cm³/mol. The van der Waals surface area contributed by atoms with Crippen LogP contribution in [0.4, 0.5) is 0 Å². The Morgan fingerprint density at radius 1 is 0.400 bits per heavy atom. The van der Waals surface area contributed by atoms with Gasteiger partial charge in [-0.15, -0.1) is 0 Å². The van der Waals surface area contributed by atoms with Gasteiger partial charge in [-0.2, -0.15) is 0 Å². The first-order chi connectivity index (χ1) is 39.0. The molecule has 0 atom stereocenters. The minimum Gasteiger partial charge on any atom is -0.493 e. The van der Waals surface area contributed by atoms with Gasteiger partial charge in [-0.25, -0.2) is 0 Å². The van der Waals surface area contributed by atoms with Crippen molar-refractivity contribution >= 4 is 34.4 Å². The lowest BCUT2D eigenvalue weighted by Gasteiger charge is -2.25. The SMILES string of the molecule is CCCCCCCCCCCCN1C(=O)C=C(C)/C(=C/C=C2C=CN(Cc3cc4cc(CN5C=CC(=C/C=C6\C(=O)N(CCCCCCCCCCCC)C(=O)C=C6C)C=C5)c(OCCCC)cc4cc3OCCCC)C=C2)C1=O. The monoisotopic (exact) mass is 1090 g/mol. The number of fused-ring (bicyclic) bond motifs is 1. The third kappa shape index (κ3) is 20.0. The summed E-state index contributed by atoms with van der Waals surface area (Å²) in [5, 5.41) is 2.15. The maximum Gasteiger partial charge on any atom is 0.260 e. The number of ether oxygens (including phenoxy) is 2. The molecule has 10 heteroatoms. The minimum absolute atomic E-state index is 0.217. The molecule has 0 spiro atoms. The lowest BCUT2D eigenvalue weighted by molar-refractivity contribution is -0.141. The van der Waals surface area contributed by atoms with E-state index in [1.165, 1.54) is 99.7 Å². The average molecular weight is 1090 g/mol. The van der Waals surface area contributed by atoms with Crippen LogP contribution in [0.15, 0.2) is 143 Å². The van der Waals surface area contributed by atoms with Crippen LogP contribution in [0.5, 0.6) is 11.5 Å². The van der Waals surface area contributed by atoms with Crippen LogP contribution >= 0.6 is 0 Å². The van der Waals surface area contributed by atoms with Gasteiger partial charge >= 0.3 is 0 Å². The summed E-state index contributed by atoms with van der Waals surface area (Å²) in [7, 11) is 0. The molecule has 80 heavy (non-hydrogen) atoms. The van der Waals surface area contributed by atoms with E-state index in [0.717, 1.165) is 109 Å². The molecule has 0 N–H and O–H groups in total. The van der Waals surface area contributed by atoms with Crippen LogP contribution < -0.4 is 9.47 Å². The summed E-state index contributed by atoms with van der Waals surface area (Å²) in [5.41, 5.74) is 6.55. The second kappa shape index (κ2) is 34.7. The maximum absolute atomic E-state index is 13.6. The van der Waals surface area contributed by atoms with E-state index in [1.807, 2.05) is 62.5 Å². The predicted octanol–water partition coefficient (Wildman–Crippen LogP) is 17.1. The summed E-state index contributed by atoms with van der Waals surface area (Å²) in [6.07, 6.45) is 55.2. The minimum atomic E-state index is -0.219. The molecule has 432 valence electrons. The first kappa shape index (κ1) is 62.8. The fourth-order valence-corrected chi connectivity index (χ4v) is 10.5. The Balaban J connectivity index is 1.09. The van der Waals surface area contributed by atoms with Gasteiger partial charge in [-0.05, 0) is 133 Å². The summed E-state index contributed by atoms with van der Waals surface area (Å²) >= 11 is 0. The van der Waals surface area contributed by atoms with Crippen molar-refractivity contribution in [3.05, 3.63) is 154 Å². The quantitative estimate of drug-likeness (QED) is 0.0378. The molecule has 0 bridgehead atoms. The maximum atomic E-state index is 13.6. The fraction of sp³-hybridized carbons (Fsp3) is 0.514. The molecule has 2 aromatic carbocycles. The van der Waals surface area contributed by atoms with E-state index in [9.17, 15) is 19.2 Å². The average Bonchev–Trinajstić information content (AvgIpc) is 3.45. The van der Waals surface area contributed by atoms with E-state index >= 15 is 0 Å². The van der Waals surface area contributed by atoms with E-state index in [2.05, 4.69) is 86.6 Å². The number of hydrogen-bond acceptors (Lipinski definition) is 8. The molecule has 0 unspecified atom stereocenters. The Kier molecular flexibility index (Phi) is 27.2. The molecule has 0 saturated heterocycles. The van der Waals surface area contributed by atoms with E-state index in [1.54, 1.807) is 12.2 Å². The highest BCUT2D eigenvalue weighted by Gasteiger charge is 2.30. The first-order valence-electron chi connectivity index (χ1n) is 31.1. The van der Waals surface area contributed by atoms with Crippen molar-refractivity contribution in [2.45, 2.75) is 209 Å². The van der Waals surface area contributed by atoms with Gasteiger partial charge in [0.1, 0.15) is 11.5 Å². The number of rotatable bonds is 36. The van der Waals surface area contributed by atoms with Crippen molar-refractivity contribution in [1.29, 1.82) is 0 Å². The van der Waals surface area contributed by atoms with Gasteiger partial charge in [0.25, 0.3) is 23.6 Å². The topological polar surface area (TPSA) is 99.7 Å². The van der Waals surface area contributed by atoms with Gasteiger partial charge in [0.05, 0.1) is 26.3 Å². The molecular formula is C70H96N4O6. The van der Waals surface area contributed by atoms with Crippen LogP contribution in [0.25, 0.3) is 10.8 Å². The number of amides is 4. The van der Waals surface area contributed by atoms with Gasteiger partial charge in [0.15, 0.2) is 0 Å². The number of carbonyl (C=O) groups excluding carboxylic acids is 4. The highest BCUT2D eigenvalue weighted by Crippen LogP contribution is 2.35. The van der Waals surface area contributed by atoms with Gasteiger partial charge in [-0.3, -0.25) is 29.0 Å². The zero-order chi connectivity index (χ0) is 56.9. The van der Waals surface area contributed by atoms with E-state index in [-0.39, 0.29) is 23.6 Å². The fourth-order valence-electron chi connectivity index (χ4n) is 10.5. The Morgan fingerprint density at radius 3 is 1.07 bits per heavy atom. The van der Waals surface area contributed by atoms with Crippen molar-refractivity contribution in [1.82, 2.24) is 19.6 Å². The largest absolute Gasteiger partial charge is 0.493 e. The number of nitrogens with zero attached hydrogens (tertiary/aromatic N) is 4. The number of hydrogen-bond donors (Lipinski definition) is 0. The van der Waals surface area contributed by atoms with Crippen LogP contribution in [0.3, 0.4) is 0 Å². The number of benzene rings is 2. The first-order valence-corrected chi connectivity index (χ1v) is 31.1. The zero-order valence-corrected chi connectivity index (χ0v) is 49.8. The molecule has 0 aliphatic carbocycles. The van der Waals surface area contributed by atoms with Crippen molar-refractivity contribution in [2.24, 2.45) is 0 Å². The van der Waals surface area contributed by atoms with Crippen molar-refractivity contribution < 1.29 is 28.7 Å². The standard InChI is InChI=1S/C70H96N4O6/c1-7-11-15-17-19-21-23-25-27-29-39-73-67(75)47-55(5)63(69(73)77)33-31-57-35-41-71(42-36-57)53-61-49-59-50-62(66(80-46-14-10-4)52-60(59)51-65(61)79-45-13-9-3)54-72-43-37-58(38-44-72)32-34-64-56(6)48-68(76)74(70(64)78)40-30-28-26-24-22-20-18-16-12-8-2/h31-38,41-44,47-52H,7-30,39-40,45-46,53-54H2,1-6H3/b63-33-,64-34-. The molecule has 0 radical (unpaired) electrons. The van der Waals surface area contributed by atoms with Crippen LogP contribution in [0.2, 0.25) is 0 Å². The number of unbranched alkanes of at least 4 members (excludes halogenated alkanes) is 20. The van der Waals surface area contributed by atoms with Crippen LogP contribution in [0.1, 0.15) is 207 Å². The zero-order valence-electron chi connectivity index (χ0n) is 49.8. The van der Waals surface area contributed by atoms with Gasteiger partial charge < -0.3 is 19.3 Å². The van der Waals surface area contributed by atoms with Gasteiger partial charge in [0, 0.05) is 72.3 Å². The lowest BCUT2D eigenvalue weighted by atomic mass is 9.99. The molecule has 0 saturated carbocycles. The summed E-state index contributed by atoms with van der Waals surface area (Å²) in [4.78, 5) is 60.3. The Labute approximate surface area is 481 Å². The van der Waals surface area contributed by atoms with Crippen LogP contribution in [-0.2, 0) is 32.3 Å². The molecule has 10 nitrogen and oxygen atoms in total. The van der Waals surface area contributed by atoms with E-state index < -0.39 is 0 Å². The van der Waals surface area contributed by atoms with Gasteiger partial charge in [-0.1, -0.05) is 168 Å². The van der Waals surface area contributed by atoms with Crippen LogP contribution in [0, 0.1) is 0 Å². The number of carbonyl (C=O) groups is 4. The molecule has 4 amide bonds. The van der Waals surface area contributed by atoms with Crippen LogP contribution in [-0.4, -0.2) is 69.5 Å². The summed E-state index contributed by atoms with van der Waals surface area (Å²) < 4.78 is 13.0. The van der Waals surface area contributed by atoms with Crippen molar-refractivity contribution in [3.63, 3.8) is 0 Å². The van der Waals surface area contributed by atoms with Gasteiger partial charge in [0.2, 0.25) is 0 Å². The molecular weight excluding hydrogens is 993 g/mol.